The van der Waals surface area contributed by atoms with Crippen molar-refractivity contribution < 1.29 is 13.2 Å². The van der Waals surface area contributed by atoms with E-state index in [0.29, 0.717) is 12.1 Å². The summed E-state index contributed by atoms with van der Waals surface area (Å²) in [7, 11) is -3.35. The van der Waals surface area contributed by atoms with Crippen LogP contribution in [0.25, 0.3) is 0 Å². The molecule has 0 radical (unpaired) electrons. The fraction of sp³-hybridized carbons (Fsp3) is 0.125. The summed E-state index contributed by atoms with van der Waals surface area (Å²) in [6.07, 6.45) is 1.41. The van der Waals surface area contributed by atoms with E-state index >= 15 is 0 Å². The molecule has 0 saturated carbocycles. The highest BCUT2D eigenvalue weighted by molar-refractivity contribution is 7.90. The first-order valence-corrected chi connectivity index (χ1v) is 8.36. The van der Waals surface area contributed by atoms with Gasteiger partial charge >= 0.3 is 0 Å². The maximum atomic E-state index is 12.1. The summed E-state index contributed by atoms with van der Waals surface area (Å²) in [5.74, 6) is -0.390. The molecule has 0 bridgehead atoms. The van der Waals surface area contributed by atoms with Crippen LogP contribution in [-0.2, 0) is 16.3 Å². The van der Waals surface area contributed by atoms with Crippen LogP contribution < -0.4 is 5.32 Å². The van der Waals surface area contributed by atoms with E-state index in [1.807, 2.05) is 6.07 Å². The topological polar surface area (TPSA) is 87.0 Å². The third-order valence-electron chi connectivity index (χ3n) is 3.02. The zero-order valence-corrected chi connectivity index (χ0v) is 12.7. The standard InChI is InChI=1S/C16H14N2O3S/c1-22(20,21)15-4-2-3-13(11-15)16(19)18-14-7-5-12(6-8-14)9-10-17/h2-8,11H,9H2,1H3,(H,18,19). The predicted octanol–water partition coefficient (Wildman–Crippen LogP) is 2.41. The average molecular weight is 314 g/mol. The lowest BCUT2D eigenvalue weighted by atomic mass is 10.1. The van der Waals surface area contributed by atoms with E-state index in [4.69, 9.17) is 5.26 Å². The Hall–Kier alpha value is -2.65. The largest absolute Gasteiger partial charge is 0.322 e. The van der Waals surface area contributed by atoms with Gasteiger partial charge in [-0.1, -0.05) is 18.2 Å². The summed E-state index contributed by atoms with van der Waals surface area (Å²) in [6.45, 7) is 0. The van der Waals surface area contributed by atoms with Crippen molar-refractivity contribution in [1.82, 2.24) is 0 Å². The van der Waals surface area contributed by atoms with Crippen LogP contribution in [0, 0.1) is 11.3 Å². The molecular formula is C16H14N2O3S. The number of carbonyl (C=O) groups excluding carboxylic acids is 1. The molecule has 2 rings (SSSR count). The van der Waals surface area contributed by atoms with E-state index in [-0.39, 0.29) is 10.5 Å². The highest BCUT2D eigenvalue weighted by Gasteiger charge is 2.11. The number of carbonyl (C=O) groups is 1. The Kier molecular flexibility index (Phi) is 4.59. The molecule has 0 aliphatic rings. The molecule has 2 aromatic rings. The van der Waals surface area contributed by atoms with Crippen LogP contribution in [0.3, 0.4) is 0 Å². The number of hydrogen-bond donors (Lipinski definition) is 1. The van der Waals surface area contributed by atoms with E-state index in [0.717, 1.165) is 11.8 Å². The van der Waals surface area contributed by atoms with Gasteiger partial charge in [-0.2, -0.15) is 5.26 Å². The zero-order chi connectivity index (χ0) is 16.2. The van der Waals surface area contributed by atoms with E-state index < -0.39 is 15.7 Å². The lowest BCUT2D eigenvalue weighted by Crippen LogP contribution is -2.12. The SMILES string of the molecule is CS(=O)(=O)c1cccc(C(=O)Nc2ccc(CC#N)cc2)c1. The molecule has 22 heavy (non-hydrogen) atoms. The molecule has 112 valence electrons. The molecule has 5 nitrogen and oxygen atoms in total. The molecule has 1 amide bonds. The highest BCUT2D eigenvalue weighted by Crippen LogP contribution is 2.15. The van der Waals surface area contributed by atoms with Crippen LogP contribution in [0.15, 0.2) is 53.4 Å². The molecule has 1 N–H and O–H groups in total. The molecule has 0 aromatic heterocycles. The number of sulfone groups is 1. The molecule has 0 spiro atoms. The molecule has 0 saturated heterocycles. The van der Waals surface area contributed by atoms with Gasteiger partial charge < -0.3 is 5.32 Å². The minimum Gasteiger partial charge on any atom is -0.322 e. The third-order valence-corrected chi connectivity index (χ3v) is 4.13. The number of nitriles is 1. The van der Waals surface area contributed by atoms with Crippen LogP contribution in [0.1, 0.15) is 15.9 Å². The van der Waals surface area contributed by atoms with Crippen LogP contribution in [0.5, 0.6) is 0 Å². The highest BCUT2D eigenvalue weighted by atomic mass is 32.2. The van der Waals surface area contributed by atoms with Crippen molar-refractivity contribution in [2.45, 2.75) is 11.3 Å². The summed E-state index contributed by atoms with van der Waals surface area (Å²) < 4.78 is 23.0. The van der Waals surface area contributed by atoms with Gasteiger partial charge in [0, 0.05) is 17.5 Å². The molecule has 2 aromatic carbocycles. The van der Waals surface area contributed by atoms with Gasteiger partial charge in [0.1, 0.15) is 0 Å². The number of nitrogens with zero attached hydrogens (tertiary/aromatic N) is 1. The Bertz CT molecular complexity index is 834. The second kappa shape index (κ2) is 6.41. The number of nitrogens with one attached hydrogen (secondary N) is 1. The lowest BCUT2D eigenvalue weighted by Gasteiger charge is -2.07. The second-order valence-corrected chi connectivity index (χ2v) is 6.80. The summed E-state index contributed by atoms with van der Waals surface area (Å²) in [5.41, 5.74) is 1.71. The van der Waals surface area contributed by atoms with Crippen molar-refractivity contribution in [2.75, 3.05) is 11.6 Å². The van der Waals surface area contributed by atoms with Crippen molar-refractivity contribution in [2.24, 2.45) is 0 Å². The molecule has 0 fully saturated rings. The van der Waals surface area contributed by atoms with E-state index in [2.05, 4.69) is 5.32 Å². The quantitative estimate of drug-likeness (QED) is 0.938. The number of amides is 1. The zero-order valence-electron chi connectivity index (χ0n) is 11.9. The summed E-state index contributed by atoms with van der Waals surface area (Å²) >= 11 is 0. The summed E-state index contributed by atoms with van der Waals surface area (Å²) in [6, 6.07) is 14.8. The van der Waals surface area contributed by atoms with E-state index in [1.165, 1.54) is 18.2 Å². The fourth-order valence-electron chi connectivity index (χ4n) is 1.87. The Morgan fingerprint density at radius 1 is 1.18 bits per heavy atom. The Morgan fingerprint density at radius 2 is 1.86 bits per heavy atom. The molecule has 0 heterocycles. The third kappa shape index (κ3) is 3.93. The lowest BCUT2D eigenvalue weighted by molar-refractivity contribution is 0.102. The first-order valence-electron chi connectivity index (χ1n) is 6.47. The second-order valence-electron chi connectivity index (χ2n) is 4.79. The van der Waals surface area contributed by atoms with Gasteiger partial charge in [0.05, 0.1) is 17.4 Å². The number of hydrogen-bond acceptors (Lipinski definition) is 4. The van der Waals surface area contributed by atoms with Crippen LogP contribution in [0.4, 0.5) is 5.69 Å². The summed E-state index contributed by atoms with van der Waals surface area (Å²) in [5, 5.41) is 11.3. The Labute approximate surface area is 129 Å². The number of anilines is 1. The monoisotopic (exact) mass is 314 g/mol. The first-order chi connectivity index (χ1) is 10.4. The van der Waals surface area contributed by atoms with Crippen LogP contribution in [0.2, 0.25) is 0 Å². The number of benzene rings is 2. The van der Waals surface area contributed by atoms with Crippen molar-refractivity contribution in [3.8, 4) is 6.07 Å². The van der Waals surface area contributed by atoms with Crippen molar-refractivity contribution in [3.05, 3.63) is 59.7 Å². The molecular weight excluding hydrogens is 300 g/mol. The van der Waals surface area contributed by atoms with Gasteiger partial charge in [0.15, 0.2) is 9.84 Å². The van der Waals surface area contributed by atoms with Gasteiger partial charge in [0.25, 0.3) is 5.91 Å². The van der Waals surface area contributed by atoms with E-state index in [9.17, 15) is 13.2 Å². The fourth-order valence-corrected chi connectivity index (χ4v) is 2.54. The van der Waals surface area contributed by atoms with Gasteiger partial charge in [-0.05, 0) is 35.9 Å². The maximum absolute atomic E-state index is 12.1. The smallest absolute Gasteiger partial charge is 0.255 e. The average Bonchev–Trinajstić information content (AvgIpc) is 2.49. The van der Waals surface area contributed by atoms with Crippen LogP contribution >= 0.6 is 0 Å². The molecule has 6 heteroatoms. The Balaban J connectivity index is 2.17. The molecule has 0 atom stereocenters. The van der Waals surface area contributed by atoms with Crippen molar-refractivity contribution in [3.63, 3.8) is 0 Å². The molecule has 0 aliphatic carbocycles. The normalized spacial score (nSPS) is 10.7. The maximum Gasteiger partial charge on any atom is 0.255 e. The Morgan fingerprint density at radius 3 is 2.45 bits per heavy atom. The van der Waals surface area contributed by atoms with Gasteiger partial charge in [-0.25, -0.2) is 8.42 Å². The summed E-state index contributed by atoms with van der Waals surface area (Å²) in [4.78, 5) is 12.2. The van der Waals surface area contributed by atoms with E-state index in [1.54, 1.807) is 30.3 Å². The number of rotatable bonds is 4. The minimum absolute atomic E-state index is 0.101. The molecule has 0 unspecified atom stereocenters. The van der Waals surface area contributed by atoms with Crippen molar-refractivity contribution in [1.29, 1.82) is 5.26 Å². The van der Waals surface area contributed by atoms with Gasteiger partial charge in [0.2, 0.25) is 0 Å². The molecule has 0 aliphatic heterocycles. The van der Waals surface area contributed by atoms with Gasteiger partial charge in [-0.3, -0.25) is 4.79 Å². The van der Waals surface area contributed by atoms with Crippen molar-refractivity contribution >= 4 is 21.4 Å². The van der Waals surface area contributed by atoms with Crippen LogP contribution in [-0.4, -0.2) is 20.6 Å². The first kappa shape index (κ1) is 15.7. The predicted molar refractivity (Wildman–Crippen MR) is 83.3 cm³/mol. The minimum atomic E-state index is -3.35. The van der Waals surface area contributed by atoms with Gasteiger partial charge in [-0.15, -0.1) is 0 Å².